The lowest BCUT2D eigenvalue weighted by Gasteiger charge is -2.15. The van der Waals surface area contributed by atoms with Crippen molar-refractivity contribution in [2.24, 2.45) is 5.73 Å². The molecule has 29 heavy (non-hydrogen) atoms. The number of furan rings is 1. The Morgan fingerprint density at radius 3 is 2.93 bits per heavy atom. The van der Waals surface area contributed by atoms with Gasteiger partial charge in [-0.25, -0.2) is 14.6 Å². The number of amides is 1. The van der Waals surface area contributed by atoms with Gasteiger partial charge in [-0.1, -0.05) is 18.2 Å². The van der Waals surface area contributed by atoms with E-state index in [0.717, 1.165) is 39.8 Å². The van der Waals surface area contributed by atoms with E-state index in [9.17, 15) is 4.79 Å². The van der Waals surface area contributed by atoms with Crippen molar-refractivity contribution in [3.05, 3.63) is 53.7 Å². The van der Waals surface area contributed by atoms with Crippen molar-refractivity contribution in [1.29, 1.82) is 0 Å². The highest BCUT2D eigenvalue weighted by molar-refractivity contribution is 5.99. The van der Waals surface area contributed by atoms with Gasteiger partial charge in [-0.2, -0.15) is 5.10 Å². The average molecular weight is 390 g/mol. The maximum absolute atomic E-state index is 13.1. The fraction of sp³-hybridized carbons (Fsp3) is 0.333. The van der Waals surface area contributed by atoms with Crippen LogP contribution in [0.3, 0.4) is 0 Å². The molecule has 0 spiro atoms. The predicted molar refractivity (Wildman–Crippen MR) is 109 cm³/mol. The van der Waals surface area contributed by atoms with Crippen LogP contribution in [0.2, 0.25) is 0 Å². The molecular formula is C21H22N6O2. The van der Waals surface area contributed by atoms with Crippen LogP contribution in [0.5, 0.6) is 0 Å². The highest BCUT2D eigenvalue weighted by Crippen LogP contribution is 2.33. The minimum Gasteiger partial charge on any atom is -0.451 e. The van der Waals surface area contributed by atoms with Gasteiger partial charge in [0.05, 0.1) is 12.2 Å². The quantitative estimate of drug-likeness (QED) is 0.574. The highest BCUT2D eigenvalue weighted by atomic mass is 16.3. The third-order valence-electron chi connectivity index (χ3n) is 5.64. The lowest BCUT2D eigenvalue weighted by molar-refractivity contribution is 0.0760. The van der Waals surface area contributed by atoms with Crippen molar-refractivity contribution in [2.45, 2.75) is 25.8 Å². The van der Waals surface area contributed by atoms with Crippen LogP contribution in [0.1, 0.15) is 34.2 Å². The number of rotatable bonds is 4. The molecule has 1 aliphatic heterocycles. The van der Waals surface area contributed by atoms with E-state index in [2.05, 4.69) is 9.97 Å². The van der Waals surface area contributed by atoms with Crippen LogP contribution in [0, 0.1) is 6.92 Å². The molecule has 1 unspecified atom stereocenters. The van der Waals surface area contributed by atoms with Crippen molar-refractivity contribution in [3.63, 3.8) is 0 Å². The molecule has 2 N–H and O–H groups in total. The Morgan fingerprint density at radius 1 is 1.28 bits per heavy atom. The number of fused-ring (bicyclic) bond motifs is 2. The molecule has 148 valence electrons. The normalized spacial score (nSPS) is 16.9. The Hall–Kier alpha value is -3.26. The Morgan fingerprint density at radius 2 is 2.10 bits per heavy atom. The summed E-state index contributed by atoms with van der Waals surface area (Å²) in [6, 6.07) is 7.73. The van der Waals surface area contributed by atoms with Gasteiger partial charge < -0.3 is 15.1 Å². The number of carbonyl (C=O) groups is 1. The summed E-state index contributed by atoms with van der Waals surface area (Å²) in [5.74, 6) is 0.463. The Labute approximate surface area is 167 Å². The first-order valence-electron chi connectivity index (χ1n) is 9.82. The fourth-order valence-corrected chi connectivity index (χ4v) is 4.17. The van der Waals surface area contributed by atoms with Crippen LogP contribution in [-0.2, 0) is 6.54 Å². The molecule has 0 radical (unpaired) electrons. The average Bonchev–Trinajstić information content (AvgIpc) is 3.45. The van der Waals surface area contributed by atoms with E-state index in [1.807, 2.05) is 40.8 Å². The third-order valence-corrected chi connectivity index (χ3v) is 5.64. The number of carbonyl (C=O) groups excluding carboxylic acids is 1. The van der Waals surface area contributed by atoms with E-state index in [1.54, 1.807) is 12.4 Å². The number of aryl methyl sites for hydroxylation is 1. The van der Waals surface area contributed by atoms with Crippen molar-refractivity contribution >= 4 is 28.0 Å². The number of aromatic nitrogens is 4. The van der Waals surface area contributed by atoms with Crippen LogP contribution < -0.4 is 5.73 Å². The number of hydrogen-bond donors (Lipinski definition) is 1. The zero-order valence-electron chi connectivity index (χ0n) is 16.2. The SMILES string of the molecule is Cc1c(C(=O)N2CCC(c3nn(CCN)c4nccnc34)C2)oc2ccccc12. The zero-order chi connectivity index (χ0) is 20.0. The van der Waals surface area contributed by atoms with E-state index in [-0.39, 0.29) is 11.8 Å². The van der Waals surface area contributed by atoms with Gasteiger partial charge >= 0.3 is 0 Å². The molecule has 0 bridgehead atoms. The maximum atomic E-state index is 13.1. The summed E-state index contributed by atoms with van der Waals surface area (Å²) in [6.07, 6.45) is 4.17. The highest BCUT2D eigenvalue weighted by Gasteiger charge is 2.33. The first kappa shape index (κ1) is 17.8. The molecule has 8 nitrogen and oxygen atoms in total. The van der Waals surface area contributed by atoms with E-state index in [1.165, 1.54) is 0 Å². The van der Waals surface area contributed by atoms with Gasteiger partial charge in [0.1, 0.15) is 11.1 Å². The van der Waals surface area contributed by atoms with Crippen LogP contribution in [-0.4, -0.2) is 50.2 Å². The van der Waals surface area contributed by atoms with Crippen molar-refractivity contribution in [3.8, 4) is 0 Å². The Bertz CT molecular complexity index is 1210. The number of para-hydroxylation sites is 1. The summed E-state index contributed by atoms with van der Waals surface area (Å²) in [5, 5.41) is 5.71. The summed E-state index contributed by atoms with van der Waals surface area (Å²) in [6.45, 7) is 4.24. The summed E-state index contributed by atoms with van der Waals surface area (Å²) in [4.78, 5) is 23.9. The molecule has 0 saturated carbocycles. The second kappa shape index (κ2) is 6.97. The molecular weight excluding hydrogens is 368 g/mol. The van der Waals surface area contributed by atoms with Crippen molar-refractivity contribution < 1.29 is 9.21 Å². The molecule has 1 aliphatic rings. The van der Waals surface area contributed by atoms with Crippen LogP contribution in [0.25, 0.3) is 22.1 Å². The van der Waals surface area contributed by atoms with Gasteiger partial charge in [-0.3, -0.25) is 4.79 Å². The summed E-state index contributed by atoms with van der Waals surface area (Å²) < 4.78 is 7.68. The first-order chi connectivity index (χ1) is 14.2. The van der Waals surface area contributed by atoms with E-state index in [0.29, 0.717) is 31.9 Å². The molecule has 1 amide bonds. The Kier molecular flexibility index (Phi) is 4.28. The number of hydrogen-bond acceptors (Lipinski definition) is 6. The van der Waals surface area contributed by atoms with Gasteiger partial charge in [0.25, 0.3) is 5.91 Å². The lowest BCUT2D eigenvalue weighted by atomic mass is 10.0. The van der Waals surface area contributed by atoms with Gasteiger partial charge in [-0.05, 0) is 19.4 Å². The molecule has 5 rings (SSSR count). The van der Waals surface area contributed by atoms with Crippen molar-refractivity contribution in [2.75, 3.05) is 19.6 Å². The molecule has 3 aromatic heterocycles. The first-order valence-corrected chi connectivity index (χ1v) is 9.82. The third kappa shape index (κ3) is 2.87. The summed E-state index contributed by atoms with van der Waals surface area (Å²) in [7, 11) is 0. The van der Waals surface area contributed by atoms with Crippen LogP contribution in [0.4, 0.5) is 0 Å². The standard InChI is InChI=1S/C21H22N6O2/c1-13-15-4-2-3-5-16(15)29-19(13)21(28)26-10-6-14(12-26)17-18-20(24-9-8-23-18)27(25-17)11-7-22/h2-5,8-9,14H,6-7,10-12,22H2,1H3. The van der Waals surface area contributed by atoms with Crippen molar-refractivity contribution in [1.82, 2.24) is 24.6 Å². The van der Waals surface area contributed by atoms with Crippen LogP contribution in [0.15, 0.2) is 41.1 Å². The zero-order valence-corrected chi connectivity index (χ0v) is 16.2. The second-order valence-corrected chi connectivity index (χ2v) is 7.41. The van der Waals surface area contributed by atoms with Gasteiger partial charge in [0, 0.05) is 48.9 Å². The number of nitrogens with zero attached hydrogens (tertiary/aromatic N) is 5. The molecule has 0 aliphatic carbocycles. The molecule has 4 heterocycles. The molecule has 1 aromatic carbocycles. The van der Waals surface area contributed by atoms with Gasteiger partial charge in [-0.15, -0.1) is 0 Å². The monoisotopic (exact) mass is 390 g/mol. The minimum absolute atomic E-state index is 0.0713. The lowest BCUT2D eigenvalue weighted by Crippen LogP contribution is -2.28. The number of likely N-dealkylation sites (tertiary alicyclic amines) is 1. The van der Waals surface area contributed by atoms with Gasteiger partial charge in [0.2, 0.25) is 0 Å². The fourth-order valence-electron chi connectivity index (χ4n) is 4.17. The molecule has 1 fully saturated rings. The molecule has 4 aromatic rings. The number of nitrogens with two attached hydrogens (primary N) is 1. The second-order valence-electron chi connectivity index (χ2n) is 7.41. The summed E-state index contributed by atoms with van der Waals surface area (Å²) in [5.41, 5.74) is 9.76. The van der Waals surface area contributed by atoms with E-state index >= 15 is 0 Å². The molecule has 8 heteroatoms. The molecule has 1 saturated heterocycles. The topological polar surface area (TPSA) is 103 Å². The molecule has 1 atom stereocenters. The minimum atomic E-state index is -0.0713. The van der Waals surface area contributed by atoms with E-state index in [4.69, 9.17) is 15.2 Å². The number of benzene rings is 1. The maximum Gasteiger partial charge on any atom is 0.289 e. The Balaban J connectivity index is 1.43. The smallest absolute Gasteiger partial charge is 0.289 e. The van der Waals surface area contributed by atoms with Gasteiger partial charge in [0.15, 0.2) is 11.4 Å². The predicted octanol–water partition coefficient (Wildman–Crippen LogP) is 2.47. The van der Waals surface area contributed by atoms with Crippen LogP contribution >= 0.6 is 0 Å². The largest absolute Gasteiger partial charge is 0.451 e. The summed E-state index contributed by atoms with van der Waals surface area (Å²) >= 11 is 0. The van der Waals surface area contributed by atoms with E-state index < -0.39 is 0 Å².